The summed E-state index contributed by atoms with van der Waals surface area (Å²) in [5.74, 6) is -0.0361. The molecule has 10 nitrogen and oxygen atoms in total. The monoisotopic (exact) mass is 609 g/mol. The molecule has 1 aliphatic heterocycles. The maximum Gasteiger partial charge on any atom is 0.319 e. The molecule has 0 aromatic heterocycles. The molecule has 5 N–H and O–H groups in total. The molecule has 0 spiro atoms. The highest BCUT2D eigenvalue weighted by atomic mass is 16.5. The second kappa shape index (κ2) is 13.1. The first kappa shape index (κ1) is 32.3. The van der Waals surface area contributed by atoms with Crippen molar-refractivity contribution in [2.45, 2.75) is 110 Å². The number of aryl methyl sites for hydroxylation is 1. The van der Waals surface area contributed by atoms with Crippen molar-refractivity contribution in [2.24, 2.45) is 22.7 Å². The highest BCUT2D eigenvalue weighted by Crippen LogP contribution is 2.66. The van der Waals surface area contributed by atoms with Gasteiger partial charge in [0.15, 0.2) is 0 Å². The minimum atomic E-state index is -0.378. The largest absolute Gasteiger partial charge is 0.356 e. The summed E-state index contributed by atoms with van der Waals surface area (Å²) in [6.07, 6.45) is 12.1. The van der Waals surface area contributed by atoms with E-state index >= 15 is 0 Å². The fourth-order valence-electron chi connectivity index (χ4n) is 9.65. The number of rotatable bonds is 11. The zero-order valence-electron chi connectivity index (χ0n) is 26.7. The van der Waals surface area contributed by atoms with Gasteiger partial charge in [0.05, 0.1) is 5.92 Å². The lowest BCUT2D eigenvalue weighted by Gasteiger charge is -2.65. The van der Waals surface area contributed by atoms with Crippen LogP contribution in [0.1, 0.15) is 113 Å². The molecule has 5 aliphatic rings. The summed E-state index contributed by atoms with van der Waals surface area (Å²) in [5.41, 5.74) is 4.23. The second-order valence-corrected chi connectivity index (χ2v) is 15.1. The Labute approximate surface area is 261 Å². The summed E-state index contributed by atoms with van der Waals surface area (Å²) in [4.78, 5) is 52.3. The number of hydrogen-bond acceptors (Lipinski definition) is 5. The number of unbranched alkanes of at least 4 members (excludes halogenated alkanes) is 3. The number of hydrogen-bond donors (Lipinski definition) is 5. The Kier molecular flexibility index (Phi) is 9.58. The molecule has 242 valence electrons. The van der Waals surface area contributed by atoms with Crippen LogP contribution < -0.4 is 21.4 Å². The number of amides is 5. The van der Waals surface area contributed by atoms with E-state index in [4.69, 9.17) is 5.21 Å². The van der Waals surface area contributed by atoms with Crippen LogP contribution in [-0.2, 0) is 9.59 Å². The Balaban J connectivity index is 1.09. The Morgan fingerprint density at radius 2 is 1.70 bits per heavy atom. The van der Waals surface area contributed by atoms with E-state index in [0.717, 1.165) is 56.9 Å². The van der Waals surface area contributed by atoms with E-state index < -0.39 is 0 Å². The van der Waals surface area contributed by atoms with Gasteiger partial charge < -0.3 is 20.9 Å². The Bertz CT molecular complexity index is 1250. The lowest BCUT2D eigenvalue weighted by molar-refractivity contribution is -0.129. The Morgan fingerprint density at radius 1 is 0.977 bits per heavy atom. The number of urea groups is 1. The lowest BCUT2D eigenvalue weighted by atomic mass is 9.43. The number of nitrogens with one attached hydrogen (secondary N) is 4. The van der Waals surface area contributed by atoms with Gasteiger partial charge in [0, 0.05) is 42.8 Å². The number of likely N-dealkylation sites (tertiary alicyclic amines) is 1. The quantitative estimate of drug-likeness (QED) is 0.132. The maximum absolute atomic E-state index is 13.4. The summed E-state index contributed by atoms with van der Waals surface area (Å²) in [7, 11) is 0. The number of anilines is 1. The predicted octanol–water partition coefficient (Wildman–Crippen LogP) is 5.29. The fraction of sp³-hybridized carbons (Fsp3) is 0.706. The molecule has 4 bridgehead atoms. The van der Waals surface area contributed by atoms with E-state index in [9.17, 15) is 19.2 Å². The Morgan fingerprint density at radius 3 is 2.39 bits per heavy atom. The highest BCUT2D eigenvalue weighted by molar-refractivity contribution is 5.97. The van der Waals surface area contributed by atoms with Crippen LogP contribution in [0, 0.1) is 29.6 Å². The number of carbonyl (C=O) groups is 4. The first-order valence-corrected chi connectivity index (χ1v) is 16.6. The molecule has 10 heteroatoms. The Hall–Kier alpha value is -3.14. The van der Waals surface area contributed by atoms with E-state index in [-0.39, 0.29) is 35.2 Å². The van der Waals surface area contributed by atoms with Crippen molar-refractivity contribution >= 4 is 29.4 Å². The van der Waals surface area contributed by atoms with Crippen molar-refractivity contribution in [3.63, 3.8) is 0 Å². The van der Waals surface area contributed by atoms with Crippen molar-refractivity contribution in [3.05, 3.63) is 29.3 Å². The van der Waals surface area contributed by atoms with Crippen molar-refractivity contribution in [1.82, 2.24) is 21.0 Å². The van der Waals surface area contributed by atoms with Gasteiger partial charge in [-0.3, -0.25) is 19.6 Å². The molecule has 1 aromatic rings. The van der Waals surface area contributed by atoms with Crippen LogP contribution in [0.2, 0.25) is 0 Å². The van der Waals surface area contributed by atoms with E-state index in [1.54, 1.807) is 16.4 Å². The molecule has 4 saturated carbocycles. The molecule has 6 rings (SSSR count). The van der Waals surface area contributed by atoms with Crippen LogP contribution in [-0.4, -0.2) is 59.0 Å². The summed E-state index contributed by atoms with van der Waals surface area (Å²) in [6.45, 7) is 8.28. The van der Waals surface area contributed by atoms with Crippen molar-refractivity contribution < 1.29 is 24.4 Å². The van der Waals surface area contributed by atoms with Gasteiger partial charge in [-0.25, -0.2) is 10.3 Å². The molecule has 5 amide bonds. The van der Waals surface area contributed by atoms with Gasteiger partial charge in [-0.15, -0.1) is 0 Å². The summed E-state index contributed by atoms with van der Waals surface area (Å²) < 4.78 is 0. The minimum Gasteiger partial charge on any atom is -0.356 e. The predicted molar refractivity (Wildman–Crippen MR) is 168 cm³/mol. The van der Waals surface area contributed by atoms with Gasteiger partial charge in [0.25, 0.3) is 5.91 Å². The third-order valence-corrected chi connectivity index (χ3v) is 10.6. The average Bonchev–Trinajstić information content (AvgIpc) is 2.94. The summed E-state index contributed by atoms with van der Waals surface area (Å²) in [6, 6.07) is 5.25. The molecule has 5 atom stereocenters. The molecule has 1 saturated heterocycles. The van der Waals surface area contributed by atoms with Crippen LogP contribution in [0.5, 0.6) is 0 Å². The standard InChI is InChI=1S/C34H51N5O5/c1-23-15-25(30(42)39-14-8-9-26(19-39)29(41)35-13-7-5-4-6-10-28(40)38-44)11-12-27(23)36-31(43)37-34-18-24-16-32(2,21-34)20-33(3,17-24)22-34/h11-12,15,24,26,44H,4-10,13-14,16-22H2,1-3H3,(H,35,41)(H,38,40)(H2,36,37,43)/t24?,26-,32-,33+,34?/m0/s1. The third kappa shape index (κ3) is 7.56. The summed E-state index contributed by atoms with van der Waals surface area (Å²) in [5, 5.41) is 18.0. The number of hydroxylamine groups is 1. The van der Waals surface area contributed by atoms with Crippen molar-refractivity contribution in [1.29, 1.82) is 0 Å². The van der Waals surface area contributed by atoms with E-state index in [0.29, 0.717) is 60.5 Å². The van der Waals surface area contributed by atoms with Crippen LogP contribution in [0.3, 0.4) is 0 Å². The third-order valence-electron chi connectivity index (χ3n) is 10.6. The smallest absolute Gasteiger partial charge is 0.319 e. The number of benzene rings is 1. The van der Waals surface area contributed by atoms with E-state index in [1.165, 1.54) is 19.3 Å². The summed E-state index contributed by atoms with van der Waals surface area (Å²) >= 11 is 0. The van der Waals surface area contributed by atoms with Crippen LogP contribution in [0.25, 0.3) is 0 Å². The van der Waals surface area contributed by atoms with Crippen molar-refractivity contribution in [3.8, 4) is 0 Å². The van der Waals surface area contributed by atoms with Crippen LogP contribution in [0.15, 0.2) is 18.2 Å². The average molecular weight is 610 g/mol. The van der Waals surface area contributed by atoms with E-state index in [1.807, 2.05) is 19.1 Å². The molecule has 4 aliphatic carbocycles. The molecular weight excluding hydrogens is 558 g/mol. The minimum absolute atomic E-state index is 0.0223. The van der Waals surface area contributed by atoms with Gasteiger partial charge in [-0.2, -0.15) is 0 Å². The van der Waals surface area contributed by atoms with Gasteiger partial charge in [-0.1, -0.05) is 26.7 Å². The molecule has 5 fully saturated rings. The zero-order chi connectivity index (χ0) is 31.5. The van der Waals surface area contributed by atoms with Crippen molar-refractivity contribution in [2.75, 3.05) is 25.0 Å². The highest BCUT2D eigenvalue weighted by Gasteiger charge is 2.60. The molecular formula is C34H51N5O5. The zero-order valence-corrected chi connectivity index (χ0v) is 26.7. The van der Waals surface area contributed by atoms with Gasteiger partial charge in [-0.05, 0) is 112 Å². The second-order valence-electron chi connectivity index (χ2n) is 15.1. The number of carbonyl (C=O) groups excluding carboxylic acids is 4. The first-order chi connectivity index (χ1) is 20.9. The number of piperidine rings is 1. The van der Waals surface area contributed by atoms with E-state index in [2.05, 4.69) is 29.8 Å². The molecule has 2 unspecified atom stereocenters. The molecule has 0 radical (unpaired) electrons. The lowest BCUT2D eigenvalue weighted by Crippen LogP contribution is -2.65. The fourth-order valence-corrected chi connectivity index (χ4v) is 9.65. The molecule has 1 heterocycles. The first-order valence-electron chi connectivity index (χ1n) is 16.6. The van der Waals surface area contributed by atoms with Gasteiger partial charge in [0.1, 0.15) is 0 Å². The van der Waals surface area contributed by atoms with Crippen LogP contribution >= 0.6 is 0 Å². The maximum atomic E-state index is 13.4. The normalized spacial score (nSPS) is 30.5. The molecule has 44 heavy (non-hydrogen) atoms. The van der Waals surface area contributed by atoms with Gasteiger partial charge >= 0.3 is 6.03 Å². The number of nitrogens with zero attached hydrogens (tertiary/aromatic N) is 1. The SMILES string of the molecule is Cc1cc(C(=O)N2CCC[C@H](C(=O)NCCCCCCC(=O)NO)C2)ccc1NC(=O)NC12CC3C[C@@](C)(C1)C[C@](C)(C3)C2. The topological polar surface area (TPSA) is 140 Å². The molecule has 1 aromatic carbocycles. The van der Waals surface area contributed by atoms with Gasteiger partial charge in [0.2, 0.25) is 11.8 Å². The van der Waals surface area contributed by atoms with Crippen LogP contribution in [0.4, 0.5) is 10.5 Å².